The molecule has 0 saturated carbocycles. The molecule has 0 aliphatic heterocycles. The van der Waals surface area contributed by atoms with Crippen LogP contribution in [0.2, 0.25) is 0 Å². The van der Waals surface area contributed by atoms with Crippen molar-refractivity contribution < 1.29 is 32.9 Å². The van der Waals surface area contributed by atoms with E-state index in [-0.39, 0.29) is 12.5 Å². The largest absolute Gasteiger partial charge is 0.756 e. The number of phosphoric ester groups is 1. The molecule has 0 aromatic carbocycles. The van der Waals surface area contributed by atoms with Gasteiger partial charge in [0.2, 0.25) is 5.91 Å². The van der Waals surface area contributed by atoms with E-state index in [1.807, 2.05) is 27.2 Å². The first-order valence-corrected chi connectivity index (χ1v) is 39.8. The normalized spacial score (nSPS) is 14.4. The maximum absolute atomic E-state index is 13.1. The standard InChI is InChI=1S/C84H145N2O6P/c1-6-8-10-12-14-16-18-20-22-24-26-28-30-32-34-36-38-39-40-41-42-43-44-45-46-47-48-50-52-54-56-58-60-62-64-66-68-70-72-74-76-78-84(88)85-82(81-92-93(89,90)91-80-79-86(3,4)5)83(87)77-75-73-71-69-67-65-63-61-59-57-55-53-51-49-37-35-33-31-29-27-25-23-21-19-17-15-13-11-9-7-2/h8,10,14,16,20,22,26,28,32,34,38-39,41-42,44-45,47-48,52,54,58,60,67,69,75,77,82-83,87H,6-7,9,11-13,15,17-19,21,23-25,27,29-31,33,35-37,40,43,46,49-51,53,55-57,59,61-66,68,70-74,76,78-81H2,1-5H3,(H-,85,88,89,90)/b10-8-,16-14-,22-20-,28-26-,34-32-,39-38-,42-41-,45-44-,48-47-,54-52-,60-58-,69-67+,77-75+. The molecular weight excluding hydrogens is 1160 g/mol. The van der Waals surface area contributed by atoms with Crippen molar-refractivity contribution in [3.05, 3.63) is 158 Å². The van der Waals surface area contributed by atoms with E-state index in [1.165, 1.54) is 173 Å². The molecule has 0 aromatic rings. The second kappa shape index (κ2) is 72.4. The SMILES string of the molecule is CC/C=C\C/C=C\C/C=C\C/C=C\C/C=C\C/C=C\C/C=C\C/C=C\C/C=C\C/C=C\C/C=C\CCCCCCCCCC(=O)NC(COP(=O)([O-])OCC[N+](C)(C)C)C(O)/C=C/CC/C=C/CCCCCCCCCCCCCCCCCCCCCCCCCC. The summed E-state index contributed by atoms with van der Waals surface area (Å²) >= 11 is 0. The summed E-state index contributed by atoms with van der Waals surface area (Å²) in [7, 11) is 1.22. The molecule has 0 heterocycles. The lowest BCUT2D eigenvalue weighted by Crippen LogP contribution is -2.45. The van der Waals surface area contributed by atoms with Crippen molar-refractivity contribution in [3.8, 4) is 0 Å². The van der Waals surface area contributed by atoms with Gasteiger partial charge < -0.3 is 28.8 Å². The minimum atomic E-state index is -4.63. The van der Waals surface area contributed by atoms with Gasteiger partial charge in [0.15, 0.2) is 0 Å². The van der Waals surface area contributed by atoms with Crippen LogP contribution in [0.1, 0.15) is 316 Å². The van der Waals surface area contributed by atoms with Crippen LogP contribution in [-0.2, 0) is 18.4 Å². The monoisotopic (exact) mass is 1310 g/mol. The third kappa shape index (κ3) is 75.4. The second-order valence-corrected chi connectivity index (χ2v) is 28.0. The molecule has 8 nitrogen and oxygen atoms in total. The predicted molar refractivity (Wildman–Crippen MR) is 408 cm³/mol. The van der Waals surface area contributed by atoms with Gasteiger partial charge in [-0.3, -0.25) is 9.36 Å². The van der Waals surface area contributed by atoms with Crippen LogP contribution < -0.4 is 10.2 Å². The summed E-state index contributed by atoms with van der Waals surface area (Å²) in [6, 6.07) is -0.923. The van der Waals surface area contributed by atoms with Crippen LogP contribution in [0.25, 0.3) is 0 Å². The van der Waals surface area contributed by atoms with Gasteiger partial charge in [0, 0.05) is 6.42 Å². The zero-order valence-corrected chi connectivity index (χ0v) is 61.8. The Hall–Kier alpha value is -3.88. The van der Waals surface area contributed by atoms with Crippen LogP contribution >= 0.6 is 7.82 Å². The van der Waals surface area contributed by atoms with E-state index in [9.17, 15) is 19.4 Å². The fourth-order valence-electron chi connectivity index (χ4n) is 10.6. The van der Waals surface area contributed by atoms with E-state index in [2.05, 4.69) is 165 Å². The highest BCUT2D eigenvalue weighted by atomic mass is 31.2. The summed E-state index contributed by atoms with van der Waals surface area (Å²) in [6.45, 7) is 4.52. The first-order chi connectivity index (χ1) is 45.5. The summed E-state index contributed by atoms with van der Waals surface area (Å²) in [4.78, 5) is 25.7. The number of allylic oxidation sites excluding steroid dienone is 25. The molecular formula is C84H145N2O6P. The number of aliphatic hydroxyl groups excluding tert-OH is 1. The summed E-state index contributed by atoms with van der Waals surface area (Å²) in [5, 5.41) is 14.0. The second-order valence-electron chi connectivity index (χ2n) is 26.6. The number of aliphatic hydroxyl groups is 1. The first kappa shape index (κ1) is 89.1. The minimum Gasteiger partial charge on any atom is -0.756 e. The maximum Gasteiger partial charge on any atom is 0.268 e. The zero-order chi connectivity index (χ0) is 67.6. The van der Waals surface area contributed by atoms with Crippen molar-refractivity contribution in [1.29, 1.82) is 0 Å². The fraction of sp³-hybridized carbons (Fsp3) is 0.679. The van der Waals surface area contributed by atoms with Gasteiger partial charge in [-0.25, -0.2) is 0 Å². The van der Waals surface area contributed by atoms with Crippen molar-refractivity contribution in [2.45, 2.75) is 328 Å². The number of carbonyl (C=O) groups is 1. The summed E-state index contributed by atoms with van der Waals surface area (Å²) in [5.41, 5.74) is 0. The van der Waals surface area contributed by atoms with Crippen molar-refractivity contribution in [3.63, 3.8) is 0 Å². The van der Waals surface area contributed by atoms with Crippen molar-refractivity contribution in [2.75, 3.05) is 40.9 Å². The molecule has 2 N–H and O–H groups in total. The summed E-state index contributed by atoms with van der Waals surface area (Å²) in [5.74, 6) is -0.222. The molecule has 0 saturated heterocycles. The van der Waals surface area contributed by atoms with Gasteiger partial charge in [-0.1, -0.05) is 352 Å². The number of carbonyl (C=O) groups excluding carboxylic acids is 1. The zero-order valence-electron chi connectivity index (χ0n) is 60.9. The Balaban J connectivity index is 4.16. The average molecular weight is 1310 g/mol. The number of hydrogen-bond donors (Lipinski definition) is 2. The smallest absolute Gasteiger partial charge is 0.268 e. The van der Waals surface area contributed by atoms with Crippen LogP contribution in [0.4, 0.5) is 0 Å². The van der Waals surface area contributed by atoms with Crippen LogP contribution in [0.3, 0.4) is 0 Å². The molecule has 0 spiro atoms. The number of nitrogens with zero attached hydrogens (tertiary/aromatic N) is 1. The summed E-state index contributed by atoms with van der Waals surface area (Å²) < 4.78 is 23.5. The Bertz CT molecular complexity index is 2080. The van der Waals surface area contributed by atoms with Crippen molar-refractivity contribution in [1.82, 2.24) is 5.32 Å². The number of hydrogen-bond acceptors (Lipinski definition) is 6. The summed E-state index contributed by atoms with van der Waals surface area (Å²) in [6.07, 6.45) is 112. The molecule has 0 aliphatic carbocycles. The highest BCUT2D eigenvalue weighted by Crippen LogP contribution is 2.38. The molecule has 0 aliphatic rings. The van der Waals surface area contributed by atoms with E-state index >= 15 is 0 Å². The van der Waals surface area contributed by atoms with Crippen LogP contribution in [0, 0.1) is 0 Å². The Labute approximate surface area is 575 Å². The number of rotatable bonds is 69. The molecule has 9 heteroatoms. The quantitative estimate of drug-likeness (QED) is 0.0272. The third-order valence-electron chi connectivity index (χ3n) is 16.5. The molecule has 0 fully saturated rings. The number of unbranched alkanes of at least 4 members (excludes halogenated alkanes) is 32. The Morgan fingerprint density at radius 3 is 1.00 bits per heavy atom. The Morgan fingerprint density at radius 1 is 0.387 bits per heavy atom. The van der Waals surface area contributed by atoms with Gasteiger partial charge in [-0.2, -0.15) is 0 Å². The highest BCUT2D eigenvalue weighted by molar-refractivity contribution is 7.45. The first-order valence-electron chi connectivity index (χ1n) is 38.3. The van der Waals surface area contributed by atoms with Gasteiger partial charge in [0.05, 0.1) is 39.9 Å². The lowest BCUT2D eigenvalue weighted by molar-refractivity contribution is -0.870. The number of amides is 1. The average Bonchev–Trinajstić information content (AvgIpc) is 2.75. The number of phosphoric acid groups is 1. The molecule has 532 valence electrons. The molecule has 0 aromatic heterocycles. The van der Waals surface area contributed by atoms with Gasteiger partial charge >= 0.3 is 0 Å². The van der Waals surface area contributed by atoms with Crippen molar-refractivity contribution >= 4 is 13.7 Å². The minimum absolute atomic E-state index is 0.0161. The van der Waals surface area contributed by atoms with Gasteiger partial charge in [-0.15, -0.1) is 0 Å². The number of nitrogens with one attached hydrogen (secondary N) is 1. The van der Waals surface area contributed by atoms with Crippen LogP contribution in [0.15, 0.2) is 158 Å². The molecule has 93 heavy (non-hydrogen) atoms. The van der Waals surface area contributed by atoms with E-state index in [0.29, 0.717) is 17.4 Å². The molecule has 0 bridgehead atoms. The van der Waals surface area contributed by atoms with Crippen LogP contribution in [-0.4, -0.2) is 68.5 Å². The van der Waals surface area contributed by atoms with Gasteiger partial charge in [0.1, 0.15) is 13.2 Å². The maximum atomic E-state index is 13.1. The Kier molecular flexibility index (Phi) is 69.4. The third-order valence-corrected chi connectivity index (χ3v) is 17.4. The molecule has 3 unspecified atom stereocenters. The highest BCUT2D eigenvalue weighted by Gasteiger charge is 2.23. The van der Waals surface area contributed by atoms with E-state index in [0.717, 1.165) is 122 Å². The Morgan fingerprint density at radius 2 is 0.667 bits per heavy atom. The van der Waals surface area contributed by atoms with E-state index < -0.39 is 26.6 Å². The predicted octanol–water partition coefficient (Wildman–Crippen LogP) is 24.6. The lowest BCUT2D eigenvalue weighted by Gasteiger charge is -2.29. The number of quaternary nitrogens is 1. The fourth-order valence-corrected chi connectivity index (χ4v) is 11.3. The molecule has 3 atom stereocenters. The van der Waals surface area contributed by atoms with E-state index in [1.54, 1.807) is 6.08 Å². The molecule has 0 rings (SSSR count). The van der Waals surface area contributed by atoms with Gasteiger partial charge in [0.25, 0.3) is 7.82 Å². The van der Waals surface area contributed by atoms with Crippen LogP contribution in [0.5, 0.6) is 0 Å². The topological polar surface area (TPSA) is 108 Å². The molecule has 1 amide bonds. The lowest BCUT2D eigenvalue weighted by atomic mass is 10.0. The van der Waals surface area contributed by atoms with E-state index in [4.69, 9.17) is 9.05 Å². The van der Waals surface area contributed by atoms with Crippen molar-refractivity contribution in [2.24, 2.45) is 0 Å². The molecule has 0 radical (unpaired) electrons. The van der Waals surface area contributed by atoms with Gasteiger partial charge in [-0.05, 0) is 116 Å². The number of likely N-dealkylation sites (N-methyl/N-ethyl adjacent to an activating group) is 1.